The van der Waals surface area contributed by atoms with E-state index in [2.05, 4.69) is 42.5 Å². The van der Waals surface area contributed by atoms with E-state index in [1.807, 2.05) is 6.33 Å². The molecule has 3 heteroatoms. The fraction of sp³-hybridized carbons (Fsp3) is 0.400. The highest BCUT2D eigenvalue weighted by Crippen LogP contribution is 2.39. The molecule has 1 aromatic heterocycles. The van der Waals surface area contributed by atoms with Crippen LogP contribution in [-0.4, -0.2) is 9.55 Å². The van der Waals surface area contributed by atoms with Gasteiger partial charge in [0.05, 0.1) is 6.33 Å². The van der Waals surface area contributed by atoms with Crippen molar-refractivity contribution < 1.29 is 0 Å². The third kappa shape index (κ3) is 1.70. The van der Waals surface area contributed by atoms with Crippen LogP contribution < -0.4 is 5.73 Å². The highest BCUT2D eigenvalue weighted by molar-refractivity contribution is 5.74. The zero-order chi connectivity index (χ0) is 12.9. The molecule has 18 heavy (non-hydrogen) atoms. The van der Waals surface area contributed by atoms with Crippen molar-refractivity contribution in [2.45, 2.75) is 39.7 Å². The molecular formula is C15H19N3. The minimum absolute atomic E-state index is 0.582. The first-order valence-corrected chi connectivity index (χ1v) is 6.48. The van der Waals surface area contributed by atoms with Crippen molar-refractivity contribution in [1.29, 1.82) is 0 Å². The summed E-state index contributed by atoms with van der Waals surface area (Å²) in [5.74, 6) is 0.809. The zero-order valence-electron chi connectivity index (χ0n) is 11.2. The van der Waals surface area contributed by atoms with Gasteiger partial charge < -0.3 is 10.3 Å². The minimum atomic E-state index is 0.582. The number of benzene rings is 1. The highest BCUT2D eigenvalue weighted by Gasteiger charge is 2.26. The van der Waals surface area contributed by atoms with E-state index in [0.717, 1.165) is 17.1 Å². The lowest BCUT2D eigenvalue weighted by atomic mass is 9.99. The van der Waals surface area contributed by atoms with Crippen LogP contribution in [0, 0.1) is 20.8 Å². The summed E-state index contributed by atoms with van der Waals surface area (Å²) in [6.45, 7) is 6.39. The molecule has 3 nitrogen and oxygen atoms in total. The van der Waals surface area contributed by atoms with Crippen molar-refractivity contribution in [3.05, 3.63) is 35.2 Å². The SMILES string of the molecule is Cc1cc(C)c(-c2ncn(C3CC3)c2N)cc1C. The molecule has 0 unspecified atom stereocenters. The summed E-state index contributed by atoms with van der Waals surface area (Å²) in [5, 5.41) is 0. The van der Waals surface area contributed by atoms with Crippen LogP contribution in [0.25, 0.3) is 11.3 Å². The topological polar surface area (TPSA) is 43.8 Å². The van der Waals surface area contributed by atoms with Gasteiger partial charge in [0.25, 0.3) is 0 Å². The lowest BCUT2D eigenvalue weighted by Gasteiger charge is -2.09. The zero-order valence-corrected chi connectivity index (χ0v) is 11.2. The number of nitrogens with two attached hydrogens (primary N) is 1. The molecule has 0 aliphatic heterocycles. The quantitative estimate of drug-likeness (QED) is 0.875. The summed E-state index contributed by atoms with van der Waals surface area (Å²) in [6, 6.07) is 4.99. The molecule has 0 amide bonds. The van der Waals surface area contributed by atoms with Crippen LogP contribution in [-0.2, 0) is 0 Å². The summed E-state index contributed by atoms with van der Waals surface area (Å²) >= 11 is 0. The van der Waals surface area contributed by atoms with Crippen LogP contribution in [0.5, 0.6) is 0 Å². The van der Waals surface area contributed by atoms with Gasteiger partial charge in [-0.1, -0.05) is 6.07 Å². The molecule has 3 rings (SSSR count). The number of nitrogen functional groups attached to an aromatic ring is 1. The molecule has 2 N–H and O–H groups in total. The van der Waals surface area contributed by atoms with Crippen molar-refractivity contribution in [2.75, 3.05) is 5.73 Å². The Labute approximate surface area is 108 Å². The van der Waals surface area contributed by atoms with Gasteiger partial charge in [-0.2, -0.15) is 0 Å². The van der Waals surface area contributed by atoms with E-state index in [0.29, 0.717) is 6.04 Å². The van der Waals surface area contributed by atoms with Gasteiger partial charge in [-0.3, -0.25) is 0 Å². The second-order valence-electron chi connectivity index (χ2n) is 5.37. The Bertz CT molecular complexity index is 606. The van der Waals surface area contributed by atoms with E-state index in [1.165, 1.54) is 29.5 Å². The molecule has 2 aromatic rings. The maximum atomic E-state index is 6.23. The van der Waals surface area contributed by atoms with E-state index in [4.69, 9.17) is 5.73 Å². The number of rotatable bonds is 2. The van der Waals surface area contributed by atoms with Crippen molar-refractivity contribution in [2.24, 2.45) is 0 Å². The standard InChI is InChI=1S/C15H19N3/c1-9-6-11(3)13(7-10(9)2)14-15(16)18(8-17-14)12-4-5-12/h6-8,12H,4-5,16H2,1-3H3. The van der Waals surface area contributed by atoms with Gasteiger partial charge in [0.2, 0.25) is 0 Å². The van der Waals surface area contributed by atoms with Crippen molar-refractivity contribution >= 4 is 5.82 Å². The van der Waals surface area contributed by atoms with E-state index in [-0.39, 0.29) is 0 Å². The van der Waals surface area contributed by atoms with Crippen LogP contribution in [0.1, 0.15) is 35.6 Å². The second-order valence-corrected chi connectivity index (χ2v) is 5.37. The van der Waals surface area contributed by atoms with Gasteiger partial charge in [-0.25, -0.2) is 4.98 Å². The molecule has 0 spiro atoms. The maximum absolute atomic E-state index is 6.23. The van der Waals surface area contributed by atoms with Gasteiger partial charge >= 0.3 is 0 Å². The number of aromatic nitrogens is 2. The van der Waals surface area contributed by atoms with Crippen LogP contribution in [0.15, 0.2) is 18.5 Å². The molecule has 0 radical (unpaired) electrons. The van der Waals surface area contributed by atoms with Crippen molar-refractivity contribution in [3.8, 4) is 11.3 Å². The largest absolute Gasteiger partial charge is 0.383 e. The molecule has 0 bridgehead atoms. The van der Waals surface area contributed by atoms with Gasteiger partial charge in [-0.05, 0) is 56.4 Å². The van der Waals surface area contributed by atoms with E-state index >= 15 is 0 Å². The minimum Gasteiger partial charge on any atom is -0.383 e. The molecule has 0 atom stereocenters. The smallest absolute Gasteiger partial charge is 0.131 e. The van der Waals surface area contributed by atoms with Gasteiger partial charge in [-0.15, -0.1) is 0 Å². The summed E-state index contributed by atoms with van der Waals surface area (Å²) < 4.78 is 2.12. The number of nitrogens with zero attached hydrogens (tertiary/aromatic N) is 2. The fourth-order valence-corrected chi connectivity index (χ4v) is 2.44. The first-order chi connectivity index (χ1) is 8.58. The number of imidazole rings is 1. The number of hydrogen-bond acceptors (Lipinski definition) is 2. The summed E-state index contributed by atoms with van der Waals surface area (Å²) in [5.41, 5.74) is 12.2. The second kappa shape index (κ2) is 3.87. The van der Waals surface area contributed by atoms with Crippen LogP contribution in [0.2, 0.25) is 0 Å². The van der Waals surface area contributed by atoms with Crippen molar-refractivity contribution in [1.82, 2.24) is 9.55 Å². The van der Waals surface area contributed by atoms with Crippen molar-refractivity contribution in [3.63, 3.8) is 0 Å². The molecular weight excluding hydrogens is 222 g/mol. The third-order valence-electron chi connectivity index (χ3n) is 3.87. The molecule has 94 valence electrons. The first-order valence-electron chi connectivity index (χ1n) is 6.48. The average Bonchev–Trinajstić information content (AvgIpc) is 3.09. The molecule has 1 aromatic carbocycles. The Morgan fingerprint density at radius 3 is 2.44 bits per heavy atom. The van der Waals surface area contributed by atoms with Crippen LogP contribution >= 0.6 is 0 Å². The Morgan fingerprint density at radius 2 is 1.78 bits per heavy atom. The maximum Gasteiger partial charge on any atom is 0.131 e. The Morgan fingerprint density at radius 1 is 1.11 bits per heavy atom. The van der Waals surface area contributed by atoms with Crippen LogP contribution in [0.3, 0.4) is 0 Å². The van der Waals surface area contributed by atoms with Gasteiger partial charge in [0.15, 0.2) is 0 Å². The molecule has 1 fully saturated rings. The summed E-state index contributed by atoms with van der Waals surface area (Å²) in [7, 11) is 0. The monoisotopic (exact) mass is 241 g/mol. The summed E-state index contributed by atoms with van der Waals surface area (Å²) in [6.07, 6.45) is 4.34. The van der Waals surface area contributed by atoms with E-state index in [1.54, 1.807) is 0 Å². The number of hydrogen-bond donors (Lipinski definition) is 1. The molecule has 1 aliphatic carbocycles. The Kier molecular flexibility index (Phi) is 2.44. The first kappa shape index (κ1) is 11.3. The fourth-order valence-electron chi connectivity index (χ4n) is 2.44. The predicted octanol–water partition coefficient (Wildman–Crippen LogP) is 3.39. The molecule has 1 heterocycles. The highest BCUT2D eigenvalue weighted by atomic mass is 15.2. The normalized spacial score (nSPS) is 15.1. The summed E-state index contributed by atoms with van der Waals surface area (Å²) in [4.78, 5) is 4.52. The molecule has 1 saturated carbocycles. The van der Waals surface area contributed by atoms with E-state index in [9.17, 15) is 0 Å². The average molecular weight is 241 g/mol. The Balaban J connectivity index is 2.12. The lowest BCUT2D eigenvalue weighted by Crippen LogP contribution is -2.00. The lowest BCUT2D eigenvalue weighted by molar-refractivity contribution is 0.751. The third-order valence-corrected chi connectivity index (χ3v) is 3.87. The number of aryl methyl sites for hydroxylation is 3. The molecule has 1 aliphatic rings. The van der Waals surface area contributed by atoms with Gasteiger partial charge in [0.1, 0.15) is 11.5 Å². The van der Waals surface area contributed by atoms with Gasteiger partial charge in [0, 0.05) is 11.6 Å². The van der Waals surface area contributed by atoms with E-state index < -0.39 is 0 Å². The Hall–Kier alpha value is -1.77. The molecule has 0 saturated heterocycles. The number of anilines is 1. The predicted molar refractivity (Wildman–Crippen MR) is 74.6 cm³/mol. The van der Waals surface area contributed by atoms with Crippen LogP contribution in [0.4, 0.5) is 5.82 Å².